The molecule has 0 aliphatic carbocycles. The third kappa shape index (κ3) is 2.82. The summed E-state index contributed by atoms with van der Waals surface area (Å²) in [6.07, 6.45) is 0. The Hall–Kier alpha value is -2.29. The summed E-state index contributed by atoms with van der Waals surface area (Å²) in [7, 11) is 0. The number of benzene rings is 2. The van der Waals surface area contributed by atoms with Crippen LogP contribution in [0.5, 0.6) is 0 Å². The molecule has 3 heteroatoms. The minimum atomic E-state index is 0.605. The normalized spacial score (nSPS) is 11.4. The molecule has 1 N–H and O–H groups in total. The van der Waals surface area contributed by atoms with E-state index in [-0.39, 0.29) is 0 Å². The van der Waals surface area contributed by atoms with Crippen LogP contribution >= 0.6 is 0 Å². The van der Waals surface area contributed by atoms with Gasteiger partial charge in [0.2, 0.25) is 0 Å². The van der Waals surface area contributed by atoms with E-state index in [4.69, 9.17) is 0 Å². The van der Waals surface area contributed by atoms with Gasteiger partial charge < -0.3 is 10.1 Å². The van der Waals surface area contributed by atoms with E-state index in [1.807, 2.05) is 48.5 Å². The first-order valence-electron chi connectivity index (χ1n) is 6.93. The van der Waals surface area contributed by atoms with E-state index in [0.29, 0.717) is 5.71 Å². The zero-order valence-corrected chi connectivity index (χ0v) is 12.0. The second-order valence-electron chi connectivity index (χ2n) is 4.50. The van der Waals surface area contributed by atoms with Gasteiger partial charge in [-0.3, -0.25) is 0 Å². The van der Waals surface area contributed by atoms with Gasteiger partial charge in [-0.05, 0) is 19.9 Å². The van der Waals surface area contributed by atoms with Gasteiger partial charge in [-0.25, -0.2) is 0 Å². The molecule has 2 aromatic rings. The third-order valence-corrected chi connectivity index (χ3v) is 3.41. The molecule has 3 nitrogen and oxygen atoms in total. The lowest BCUT2D eigenvalue weighted by Gasteiger charge is -2.24. The minimum absolute atomic E-state index is 0.605. The number of nitrogens with zero attached hydrogens (tertiary/aromatic N) is 2. The van der Waals surface area contributed by atoms with Crippen molar-refractivity contribution >= 4 is 11.4 Å². The van der Waals surface area contributed by atoms with Gasteiger partial charge in [0.1, 0.15) is 5.71 Å². The number of oxime groups is 1. The van der Waals surface area contributed by atoms with Gasteiger partial charge in [-0.1, -0.05) is 53.7 Å². The van der Waals surface area contributed by atoms with Crippen LogP contribution in [0.25, 0.3) is 0 Å². The number of hydrogen-bond acceptors (Lipinski definition) is 3. The van der Waals surface area contributed by atoms with Crippen molar-refractivity contribution in [2.45, 2.75) is 13.8 Å². The van der Waals surface area contributed by atoms with E-state index in [9.17, 15) is 5.21 Å². The fourth-order valence-electron chi connectivity index (χ4n) is 2.38. The van der Waals surface area contributed by atoms with E-state index in [2.05, 4.69) is 30.0 Å². The first kappa shape index (κ1) is 14.1. The van der Waals surface area contributed by atoms with Gasteiger partial charge in [0, 0.05) is 29.9 Å². The van der Waals surface area contributed by atoms with Crippen molar-refractivity contribution in [3.8, 4) is 0 Å². The van der Waals surface area contributed by atoms with Crippen molar-refractivity contribution in [2.24, 2.45) is 5.16 Å². The highest BCUT2D eigenvalue weighted by Gasteiger charge is 2.14. The second-order valence-corrected chi connectivity index (χ2v) is 4.50. The van der Waals surface area contributed by atoms with Crippen molar-refractivity contribution in [3.05, 3.63) is 65.7 Å². The van der Waals surface area contributed by atoms with Crippen molar-refractivity contribution < 1.29 is 5.21 Å². The summed E-state index contributed by atoms with van der Waals surface area (Å²) in [5.41, 5.74) is 3.56. The minimum Gasteiger partial charge on any atom is -0.410 e. The zero-order chi connectivity index (χ0) is 14.4. The fraction of sp³-hybridized carbons (Fsp3) is 0.235. The zero-order valence-electron chi connectivity index (χ0n) is 12.0. The number of rotatable bonds is 5. The average Bonchev–Trinajstić information content (AvgIpc) is 2.52. The van der Waals surface area contributed by atoms with Crippen LogP contribution in [0.3, 0.4) is 0 Å². The number of anilines is 1. The molecule has 2 rings (SSSR count). The first-order chi connectivity index (χ1) is 9.81. The largest absolute Gasteiger partial charge is 0.410 e. The van der Waals surface area contributed by atoms with Crippen molar-refractivity contribution in [1.29, 1.82) is 0 Å². The summed E-state index contributed by atoms with van der Waals surface area (Å²) in [5.74, 6) is 0. The van der Waals surface area contributed by atoms with Crippen molar-refractivity contribution in [3.63, 3.8) is 0 Å². The van der Waals surface area contributed by atoms with Gasteiger partial charge in [0.15, 0.2) is 0 Å². The lowest BCUT2D eigenvalue weighted by atomic mass is 10.00. The van der Waals surface area contributed by atoms with Crippen LogP contribution in [0.1, 0.15) is 25.0 Å². The molecule has 20 heavy (non-hydrogen) atoms. The van der Waals surface area contributed by atoms with Crippen LogP contribution in [-0.2, 0) is 0 Å². The van der Waals surface area contributed by atoms with E-state index in [1.54, 1.807) is 0 Å². The Labute approximate surface area is 120 Å². The quantitative estimate of drug-likeness (QED) is 0.509. The molecule has 0 saturated carbocycles. The molecule has 104 valence electrons. The Morgan fingerprint density at radius 1 is 0.950 bits per heavy atom. The Balaban J connectivity index is 2.51. The summed E-state index contributed by atoms with van der Waals surface area (Å²) in [5, 5.41) is 13.0. The molecule has 2 aromatic carbocycles. The standard InChI is InChI=1S/C17H20N2O/c1-3-19(4-2)16-13-9-8-12-15(16)17(18-20)14-10-6-5-7-11-14/h5-13,20H,3-4H2,1-2H3. The molecular formula is C17H20N2O. The van der Waals surface area contributed by atoms with E-state index >= 15 is 0 Å². The van der Waals surface area contributed by atoms with E-state index in [1.165, 1.54) is 0 Å². The molecule has 0 amide bonds. The van der Waals surface area contributed by atoms with E-state index in [0.717, 1.165) is 29.9 Å². The molecule has 0 heterocycles. The predicted octanol–water partition coefficient (Wildman–Crippen LogP) is 3.76. The van der Waals surface area contributed by atoms with Crippen LogP contribution in [-0.4, -0.2) is 24.0 Å². The lowest BCUT2D eigenvalue weighted by molar-refractivity contribution is 0.319. The van der Waals surface area contributed by atoms with Crippen LogP contribution in [0.4, 0.5) is 5.69 Å². The molecule has 0 aliphatic rings. The Bertz CT molecular complexity index is 575. The van der Waals surface area contributed by atoms with Gasteiger partial charge in [-0.15, -0.1) is 0 Å². The molecule has 0 unspecified atom stereocenters. The van der Waals surface area contributed by atoms with Gasteiger partial charge >= 0.3 is 0 Å². The molecule has 0 bridgehead atoms. The van der Waals surface area contributed by atoms with Crippen LogP contribution in [0.15, 0.2) is 59.8 Å². The van der Waals surface area contributed by atoms with Crippen LogP contribution < -0.4 is 4.90 Å². The molecule has 0 atom stereocenters. The fourth-order valence-corrected chi connectivity index (χ4v) is 2.38. The predicted molar refractivity (Wildman–Crippen MR) is 83.9 cm³/mol. The maximum absolute atomic E-state index is 9.45. The Morgan fingerprint density at radius 2 is 1.55 bits per heavy atom. The van der Waals surface area contributed by atoms with Gasteiger partial charge in [-0.2, -0.15) is 0 Å². The third-order valence-electron chi connectivity index (χ3n) is 3.41. The van der Waals surface area contributed by atoms with Crippen LogP contribution in [0.2, 0.25) is 0 Å². The summed E-state index contributed by atoms with van der Waals surface area (Å²) in [6.45, 7) is 6.08. The Morgan fingerprint density at radius 3 is 2.15 bits per heavy atom. The Kier molecular flexibility index (Phi) is 4.77. The molecular weight excluding hydrogens is 248 g/mol. The van der Waals surface area contributed by atoms with Crippen LogP contribution in [0, 0.1) is 0 Å². The molecule has 0 aromatic heterocycles. The maximum Gasteiger partial charge on any atom is 0.119 e. The summed E-state index contributed by atoms with van der Waals surface area (Å²) >= 11 is 0. The first-order valence-corrected chi connectivity index (χ1v) is 6.93. The van der Waals surface area contributed by atoms with E-state index < -0.39 is 0 Å². The molecule has 0 radical (unpaired) electrons. The van der Waals surface area contributed by atoms with Gasteiger partial charge in [0.05, 0.1) is 0 Å². The molecule has 0 spiro atoms. The SMILES string of the molecule is CCN(CC)c1ccccc1C(=NO)c1ccccc1. The summed E-state index contributed by atoms with van der Waals surface area (Å²) in [4.78, 5) is 2.25. The number of para-hydroxylation sites is 1. The lowest BCUT2D eigenvalue weighted by Crippen LogP contribution is -2.24. The maximum atomic E-state index is 9.45. The smallest absolute Gasteiger partial charge is 0.119 e. The highest BCUT2D eigenvalue weighted by Crippen LogP contribution is 2.23. The summed E-state index contributed by atoms with van der Waals surface area (Å²) < 4.78 is 0. The highest BCUT2D eigenvalue weighted by atomic mass is 16.4. The van der Waals surface area contributed by atoms with Crippen molar-refractivity contribution in [1.82, 2.24) is 0 Å². The summed E-state index contributed by atoms with van der Waals surface area (Å²) in [6, 6.07) is 17.8. The monoisotopic (exact) mass is 268 g/mol. The van der Waals surface area contributed by atoms with Gasteiger partial charge in [0.25, 0.3) is 0 Å². The second kappa shape index (κ2) is 6.75. The highest BCUT2D eigenvalue weighted by molar-refractivity contribution is 6.15. The number of hydrogen-bond donors (Lipinski definition) is 1. The average molecular weight is 268 g/mol. The molecule has 0 aliphatic heterocycles. The van der Waals surface area contributed by atoms with Crippen molar-refractivity contribution in [2.75, 3.05) is 18.0 Å². The molecule has 0 fully saturated rings. The topological polar surface area (TPSA) is 35.8 Å². The molecule has 0 saturated heterocycles.